The molecule has 3 aromatic carbocycles. The number of aryl methyl sites for hydroxylation is 1. The van der Waals surface area contributed by atoms with E-state index in [9.17, 15) is 17.6 Å². The van der Waals surface area contributed by atoms with E-state index in [0.29, 0.717) is 24.0 Å². The first-order valence-corrected chi connectivity index (χ1v) is 11.7. The molecule has 1 aliphatic carbocycles. The highest BCUT2D eigenvalue weighted by atomic mass is 19.2. The Morgan fingerprint density at radius 1 is 0.794 bits per heavy atom. The topological polar surface area (TPSA) is 9.23 Å². The van der Waals surface area contributed by atoms with Crippen LogP contribution in [-0.4, -0.2) is 6.61 Å². The van der Waals surface area contributed by atoms with Gasteiger partial charge in [0.05, 0.1) is 6.61 Å². The number of halogens is 4. The number of allylic oxidation sites excluding steroid dienone is 1. The number of ether oxygens (including phenoxy) is 1. The molecular formula is C29H28F4O. The van der Waals surface area contributed by atoms with Crippen LogP contribution in [0.1, 0.15) is 55.2 Å². The Morgan fingerprint density at radius 2 is 1.50 bits per heavy atom. The standard InChI is InChI=1S/C29H28F4O/c1-3-34-25-17-14-22(26(30)29(25)33)13-8-19-6-11-21(12-7-19)24-16-15-23(27(31)28(24)32)20-9-4-18(2)5-10-20/h4-5,8-10,13-17,19,21H,3,6-7,11-12H2,1-2H3/b13-8+. The van der Waals surface area contributed by atoms with Gasteiger partial charge in [-0.05, 0) is 74.6 Å². The SMILES string of the molecule is CCOc1ccc(/C=C/C2CCC(c3ccc(-c4ccc(C)cc4)c(F)c3F)CC2)c(F)c1F. The molecule has 5 heteroatoms. The zero-order valence-corrected chi connectivity index (χ0v) is 19.4. The summed E-state index contributed by atoms with van der Waals surface area (Å²) in [5.41, 5.74) is 2.56. The van der Waals surface area contributed by atoms with Gasteiger partial charge >= 0.3 is 0 Å². The van der Waals surface area contributed by atoms with E-state index in [1.54, 1.807) is 37.3 Å². The molecule has 4 rings (SSSR count). The van der Waals surface area contributed by atoms with E-state index in [0.717, 1.165) is 18.4 Å². The summed E-state index contributed by atoms with van der Waals surface area (Å²) in [4.78, 5) is 0. The second kappa shape index (κ2) is 10.5. The average Bonchev–Trinajstić information content (AvgIpc) is 2.84. The van der Waals surface area contributed by atoms with Gasteiger partial charge in [-0.15, -0.1) is 0 Å². The Labute approximate surface area is 198 Å². The first-order chi connectivity index (χ1) is 16.4. The predicted molar refractivity (Wildman–Crippen MR) is 128 cm³/mol. The zero-order chi connectivity index (χ0) is 24.2. The number of rotatable bonds is 6. The molecule has 1 fully saturated rings. The number of hydrogen-bond acceptors (Lipinski definition) is 1. The molecule has 0 heterocycles. The minimum Gasteiger partial charge on any atom is -0.491 e. The summed E-state index contributed by atoms with van der Waals surface area (Å²) in [5.74, 6) is -3.49. The van der Waals surface area contributed by atoms with Crippen molar-refractivity contribution in [2.24, 2.45) is 5.92 Å². The van der Waals surface area contributed by atoms with Gasteiger partial charge in [0.2, 0.25) is 5.82 Å². The summed E-state index contributed by atoms with van der Waals surface area (Å²) in [6, 6.07) is 13.6. The molecule has 34 heavy (non-hydrogen) atoms. The van der Waals surface area contributed by atoms with Crippen molar-refractivity contribution in [2.45, 2.75) is 45.4 Å². The van der Waals surface area contributed by atoms with Crippen LogP contribution in [0.3, 0.4) is 0 Å². The summed E-state index contributed by atoms with van der Waals surface area (Å²) in [5, 5.41) is 0. The van der Waals surface area contributed by atoms with Gasteiger partial charge in [0, 0.05) is 11.1 Å². The van der Waals surface area contributed by atoms with Gasteiger partial charge in [-0.3, -0.25) is 0 Å². The summed E-state index contributed by atoms with van der Waals surface area (Å²) in [7, 11) is 0. The fourth-order valence-electron chi connectivity index (χ4n) is 4.64. The third-order valence-corrected chi connectivity index (χ3v) is 6.61. The first-order valence-electron chi connectivity index (χ1n) is 11.7. The van der Waals surface area contributed by atoms with Crippen molar-refractivity contribution in [3.8, 4) is 16.9 Å². The Balaban J connectivity index is 1.42. The normalized spacial score (nSPS) is 18.4. The molecule has 1 saturated carbocycles. The molecule has 0 saturated heterocycles. The Kier molecular flexibility index (Phi) is 7.40. The molecule has 0 bridgehead atoms. The Hall–Kier alpha value is -3.08. The van der Waals surface area contributed by atoms with Crippen molar-refractivity contribution in [3.63, 3.8) is 0 Å². The maximum absolute atomic E-state index is 15.0. The minimum atomic E-state index is -0.987. The maximum Gasteiger partial charge on any atom is 0.201 e. The second-order valence-corrected chi connectivity index (χ2v) is 8.88. The largest absolute Gasteiger partial charge is 0.491 e. The lowest BCUT2D eigenvalue weighted by atomic mass is 9.78. The van der Waals surface area contributed by atoms with Crippen molar-refractivity contribution >= 4 is 6.08 Å². The van der Waals surface area contributed by atoms with Crippen molar-refractivity contribution in [3.05, 3.63) is 94.6 Å². The molecule has 0 aromatic heterocycles. The molecule has 0 amide bonds. The molecule has 0 radical (unpaired) electrons. The molecule has 3 aromatic rings. The highest BCUT2D eigenvalue weighted by Gasteiger charge is 2.26. The van der Waals surface area contributed by atoms with Crippen LogP contribution in [0.15, 0.2) is 54.6 Å². The van der Waals surface area contributed by atoms with Crippen LogP contribution >= 0.6 is 0 Å². The van der Waals surface area contributed by atoms with Crippen molar-refractivity contribution in [1.29, 1.82) is 0 Å². The maximum atomic E-state index is 15.0. The van der Waals surface area contributed by atoms with E-state index < -0.39 is 23.3 Å². The predicted octanol–water partition coefficient (Wildman–Crippen LogP) is 8.60. The second-order valence-electron chi connectivity index (χ2n) is 8.88. The van der Waals surface area contributed by atoms with Crippen LogP contribution in [-0.2, 0) is 0 Å². The van der Waals surface area contributed by atoms with Crippen LogP contribution in [0.5, 0.6) is 5.75 Å². The quantitative estimate of drug-likeness (QED) is 0.329. The monoisotopic (exact) mass is 468 g/mol. The molecule has 0 spiro atoms. The highest BCUT2D eigenvalue weighted by molar-refractivity contribution is 5.65. The first kappa shape index (κ1) is 24.1. The summed E-state index contributed by atoms with van der Waals surface area (Å²) in [6.45, 7) is 3.91. The molecule has 0 N–H and O–H groups in total. The van der Waals surface area contributed by atoms with E-state index in [4.69, 9.17) is 4.74 Å². The summed E-state index contributed by atoms with van der Waals surface area (Å²) >= 11 is 0. The van der Waals surface area contributed by atoms with E-state index in [2.05, 4.69) is 0 Å². The van der Waals surface area contributed by atoms with Gasteiger partial charge in [0.15, 0.2) is 23.2 Å². The van der Waals surface area contributed by atoms with Gasteiger partial charge in [-0.25, -0.2) is 13.2 Å². The van der Waals surface area contributed by atoms with Crippen LogP contribution in [0.2, 0.25) is 0 Å². The highest BCUT2D eigenvalue weighted by Crippen LogP contribution is 2.39. The fourth-order valence-corrected chi connectivity index (χ4v) is 4.64. The van der Waals surface area contributed by atoms with Crippen LogP contribution in [0.25, 0.3) is 17.2 Å². The molecule has 1 aliphatic rings. The molecule has 0 unspecified atom stereocenters. The van der Waals surface area contributed by atoms with Crippen LogP contribution < -0.4 is 4.74 Å². The number of benzene rings is 3. The average molecular weight is 469 g/mol. The van der Waals surface area contributed by atoms with E-state index >= 15 is 0 Å². The van der Waals surface area contributed by atoms with Crippen molar-refractivity contribution in [1.82, 2.24) is 0 Å². The molecule has 0 atom stereocenters. The van der Waals surface area contributed by atoms with Crippen LogP contribution in [0, 0.1) is 36.1 Å². The van der Waals surface area contributed by atoms with Gasteiger partial charge in [-0.2, -0.15) is 4.39 Å². The lowest BCUT2D eigenvalue weighted by Gasteiger charge is -2.27. The zero-order valence-electron chi connectivity index (χ0n) is 19.4. The molecule has 1 nitrogen and oxygen atoms in total. The van der Waals surface area contributed by atoms with Crippen molar-refractivity contribution < 1.29 is 22.3 Å². The molecule has 178 valence electrons. The summed E-state index contributed by atoms with van der Waals surface area (Å²) in [6.07, 6.45) is 6.42. The minimum absolute atomic E-state index is 0.0640. The molecular weight excluding hydrogens is 440 g/mol. The van der Waals surface area contributed by atoms with Gasteiger partial charge in [0.25, 0.3) is 0 Å². The fraction of sp³-hybridized carbons (Fsp3) is 0.310. The van der Waals surface area contributed by atoms with Gasteiger partial charge in [0.1, 0.15) is 0 Å². The Morgan fingerprint density at radius 3 is 2.18 bits per heavy atom. The lowest BCUT2D eigenvalue weighted by molar-refractivity contribution is 0.314. The van der Waals surface area contributed by atoms with E-state index in [1.165, 1.54) is 12.1 Å². The van der Waals surface area contributed by atoms with E-state index in [1.807, 2.05) is 25.1 Å². The number of hydrogen-bond donors (Lipinski definition) is 0. The lowest BCUT2D eigenvalue weighted by Crippen LogP contribution is -2.13. The third-order valence-electron chi connectivity index (χ3n) is 6.61. The van der Waals surface area contributed by atoms with Gasteiger partial charge < -0.3 is 4.74 Å². The summed E-state index contributed by atoms with van der Waals surface area (Å²) < 4.78 is 63.3. The smallest absolute Gasteiger partial charge is 0.201 e. The third kappa shape index (κ3) is 5.03. The van der Waals surface area contributed by atoms with Gasteiger partial charge in [-0.1, -0.05) is 54.1 Å². The Bertz CT molecular complexity index is 1180. The van der Waals surface area contributed by atoms with Crippen LogP contribution in [0.4, 0.5) is 17.6 Å². The molecule has 0 aliphatic heterocycles. The van der Waals surface area contributed by atoms with E-state index in [-0.39, 0.29) is 35.3 Å². The van der Waals surface area contributed by atoms with Crippen molar-refractivity contribution in [2.75, 3.05) is 6.61 Å².